The van der Waals surface area contributed by atoms with Crippen LogP contribution in [0.25, 0.3) is 0 Å². The third kappa shape index (κ3) is 4.37. The molecule has 8 nitrogen and oxygen atoms in total. The molecule has 8 heteroatoms. The summed E-state index contributed by atoms with van der Waals surface area (Å²) in [7, 11) is 4.29. The number of piperidine rings is 1. The SMILES string of the molecule is CN(C)[C@@H]1CCN(CCCN2CC3(CCN(c4ncccc4C#N)CC3)OC2=O)C1. The number of pyridine rings is 1. The Kier molecular flexibility index (Phi) is 6.11. The lowest BCUT2D eigenvalue weighted by Gasteiger charge is -2.38. The number of nitrogens with zero attached hydrogens (tertiary/aromatic N) is 6. The second-order valence-corrected chi connectivity index (χ2v) is 9.01. The van der Waals surface area contributed by atoms with Crippen LogP contribution in [0.1, 0.15) is 31.2 Å². The summed E-state index contributed by atoms with van der Waals surface area (Å²) in [5.74, 6) is 0.734. The number of ether oxygens (including phenoxy) is 1. The average Bonchev–Trinajstić information content (AvgIpc) is 3.34. The highest BCUT2D eigenvalue weighted by atomic mass is 16.6. The Morgan fingerprint density at radius 3 is 2.80 bits per heavy atom. The van der Waals surface area contributed by atoms with Gasteiger partial charge in [-0.2, -0.15) is 5.26 Å². The fraction of sp³-hybridized carbons (Fsp3) is 0.682. The van der Waals surface area contributed by atoms with E-state index in [0.29, 0.717) is 18.2 Å². The normalized spacial score (nSPS) is 23.9. The fourth-order valence-electron chi connectivity index (χ4n) is 4.91. The van der Waals surface area contributed by atoms with Crippen LogP contribution in [0.4, 0.5) is 10.6 Å². The largest absolute Gasteiger partial charge is 0.441 e. The van der Waals surface area contributed by atoms with Crippen LogP contribution >= 0.6 is 0 Å². The summed E-state index contributed by atoms with van der Waals surface area (Å²) in [5, 5.41) is 9.33. The monoisotopic (exact) mass is 412 g/mol. The zero-order valence-electron chi connectivity index (χ0n) is 18.1. The first-order valence-corrected chi connectivity index (χ1v) is 11.0. The van der Waals surface area contributed by atoms with Crippen molar-refractivity contribution in [3.05, 3.63) is 23.9 Å². The number of rotatable bonds is 6. The summed E-state index contributed by atoms with van der Waals surface area (Å²) in [6.07, 6.45) is 5.30. The minimum absolute atomic E-state index is 0.174. The molecule has 0 saturated carbocycles. The van der Waals surface area contributed by atoms with Crippen molar-refractivity contribution in [3.8, 4) is 6.07 Å². The van der Waals surface area contributed by atoms with Gasteiger partial charge in [0.05, 0.1) is 12.1 Å². The van der Waals surface area contributed by atoms with E-state index >= 15 is 0 Å². The van der Waals surface area contributed by atoms with Crippen LogP contribution in [0.3, 0.4) is 0 Å². The first kappa shape index (κ1) is 20.9. The summed E-state index contributed by atoms with van der Waals surface area (Å²) in [6, 6.07) is 6.45. The second-order valence-electron chi connectivity index (χ2n) is 9.01. The van der Waals surface area contributed by atoms with Gasteiger partial charge in [-0.15, -0.1) is 0 Å². The number of nitriles is 1. The zero-order valence-corrected chi connectivity index (χ0v) is 18.1. The molecule has 1 aromatic heterocycles. The third-order valence-corrected chi connectivity index (χ3v) is 6.80. The number of carbonyl (C=O) groups excluding carboxylic acids is 1. The van der Waals surface area contributed by atoms with Crippen molar-refractivity contribution in [1.82, 2.24) is 19.7 Å². The number of anilines is 1. The van der Waals surface area contributed by atoms with Crippen molar-refractivity contribution in [3.63, 3.8) is 0 Å². The molecule has 3 aliphatic rings. The number of likely N-dealkylation sites (tertiary alicyclic amines) is 1. The van der Waals surface area contributed by atoms with E-state index in [1.165, 1.54) is 6.42 Å². The minimum atomic E-state index is -0.390. The molecule has 0 aromatic carbocycles. The average molecular weight is 413 g/mol. The highest BCUT2D eigenvalue weighted by Crippen LogP contribution is 2.35. The summed E-state index contributed by atoms with van der Waals surface area (Å²) in [5.41, 5.74) is 0.204. The van der Waals surface area contributed by atoms with Gasteiger partial charge in [-0.25, -0.2) is 9.78 Å². The van der Waals surface area contributed by atoms with Gasteiger partial charge in [0.25, 0.3) is 0 Å². The molecular weight excluding hydrogens is 380 g/mol. The molecule has 0 N–H and O–H groups in total. The van der Waals surface area contributed by atoms with E-state index in [0.717, 1.165) is 64.3 Å². The van der Waals surface area contributed by atoms with Gasteiger partial charge in [-0.1, -0.05) is 0 Å². The van der Waals surface area contributed by atoms with Gasteiger partial charge >= 0.3 is 6.09 Å². The quantitative estimate of drug-likeness (QED) is 0.705. The zero-order chi connectivity index (χ0) is 21.1. The molecule has 1 atom stereocenters. The predicted molar refractivity (Wildman–Crippen MR) is 114 cm³/mol. The van der Waals surface area contributed by atoms with Crippen LogP contribution < -0.4 is 4.90 Å². The molecule has 162 valence electrons. The molecule has 1 aromatic rings. The molecule has 4 heterocycles. The van der Waals surface area contributed by atoms with Crippen LogP contribution in [0.15, 0.2) is 18.3 Å². The predicted octanol–water partition coefficient (Wildman–Crippen LogP) is 1.77. The Hall–Kier alpha value is -2.37. The van der Waals surface area contributed by atoms with Gasteiger partial charge < -0.3 is 24.3 Å². The molecular formula is C22H32N6O2. The van der Waals surface area contributed by atoms with E-state index in [4.69, 9.17) is 4.74 Å². The van der Waals surface area contributed by atoms with E-state index in [1.807, 2.05) is 4.90 Å². The van der Waals surface area contributed by atoms with Gasteiger partial charge in [0.2, 0.25) is 0 Å². The van der Waals surface area contributed by atoms with Crippen molar-refractivity contribution in [2.45, 2.75) is 37.3 Å². The lowest BCUT2D eigenvalue weighted by molar-refractivity contribution is 0.0365. The van der Waals surface area contributed by atoms with E-state index in [-0.39, 0.29) is 6.09 Å². The van der Waals surface area contributed by atoms with Gasteiger partial charge in [0.15, 0.2) is 0 Å². The Morgan fingerprint density at radius 1 is 1.30 bits per heavy atom. The molecule has 3 saturated heterocycles. The topological polar surface area (TPSA) is 75.9 Å². The maximum Gasteiger partial charge on any atom is 0.410 e. The van der Waals surface area contributed by atoms with E-state index in [9.17, 15) is 10.1 Å². The highest BCUT2D eigenvalue weighted by molar-refractivity contribution is 5.71. The van der Waals surface area contributed by atoms with Crippen molar-refractivity contribution in [1.29, 1.82) is 5.26 Å². The van der Waals surface area contributed by atoms with Crippen LogP contribution in [-0.4, -0.2) is 97.3 Å². The first-order valence-electron chi connectivity index (χ1n) is 11.0. The van der Waals surface area contributed by atoms with Crippen molar-refractivity contribution in [2.24, 2.45) is 0 Å². The number of hydrogen-bond acceptors (Lipinski definition) is 7. The minimum Gasteiger partial charge on any atom is -0.441 e. The Labute approximate surface area is 179 Å². The number of likely N-dealkylation sites (N-methyl/N-ethyl adjacent to an activating group) is 1. The molecule has 1 spiro atoms. The summed E-state index contributed by atoms with van der Waals surface area (Å²) >= 11 is 0. The van der Waals surface area contributed by atoms with Gasteiger partial charge in [0.1, 0.15) is 17.5 Å². The molecule has 4 rings (SSSR count). The van der Waals surface area contributed by atoms with Gasteiger partial charge in [0, 0.05) is 51.3 Å². The summed E-state index contributed by atoms with van der Waals surface area (Å²) in [6.45, 7) is 6.21. The lowest BCUT2D eigenvalue weighted by atomic mass is 9.91. The van der Waals surface area contributed by atoms with Gasteiger partial charge in [-0.3, -0.25) is 0 Å². The Bertz CT molecular complexity index is 799. The molecule has 0 radical (unpaired) electrons. The van der Waals surface area contributed by atoms with E-state index in [1.54, 1.807) is 18.3 Å². The fourth-order valence-corrected chi connectivity index (χ4v) is 4.91. The van der Waals surface area contributed by atoms with E-state index in [2.05, 4.69) is 39.8 Å². The van der Waals surface area contributed by atoms with Crippen LogP contribution in [-0.2, 0) is 4.74 Å². The summed E-state index contributed by atoms with van der Waals surface area (Å²) < 4.78 is 5.87. The van der Waals surface area contributed by atoms with E-state index < -0.39 is 5.60 Å². The maximum absolute atomic E-state index is 12.5. The second kappa shape index (κ2) is 8.78. The molecule has 30 heavy (non-hydrogen) atoms. The standard InChI is InChI=1S/C22H32N6O2/c1-25(2)19-6-12-26(16-19)10-4-11-28-17-22(30-21(28)29)7-13-27(14-8-22)20-18(15-23)5-3-9-24-20/h3,5,9,19H,4,6-8,10-14,16-17H2,1-2H3/t19-/m1/s1. The first-order chi connectivity index (χ1) is 14.5. The molecule has 0 aliphatic carbocycles. The lowest BCUT2D eigenvalue weighted by Crippen LogP contribution is -2.47. The molecule has 0 bridgehead atoms. The van der Waals surface area contributed by atoms with Crippen LogP contribution in [0.5, 0.6) is 0 Å². The maximum atomic E-state index is 12.5. The molecule has 0 unspecified atom stereocenters. The molecule has 3 fully saturated rings. The van der Waals surface area contributed by atoms with Crippen molar-refractivity contribution in [2.75, 3.05) is 64.8 Å². The van der Waals surface area contributed by atoms with Crippen molar-refractivity contribution >= 4 is 11.9 Å². The third-order valence-electron chi connectivity index (χ3n) is 6.80. The smallest absolute Gasteiger partial charge is 0.410 e. The van der Waals surface area contributed by atoms with Gasteiger partial charge in [-0.05, 0) is 52.2 Å². The van der Waals surface area contributed by atoms with Crippen LogP contribution in [0.2, 0.25) is 0 Å². The number of hydrogen-bond donors (Lipinski definition) is 0. The number of amides is 1. The van der Waals surface area contributed by atoms with Crippen LogP contribution in [0, 0.1) is 11.3 Å². The Morgan fingerprint density at radius 2 is 2.10 bits per heavy atom. The van der Waals surface area contributed by atoms with Crippen molar-refractivity contribution < 1.29 is 9.53 Å². The molecule has 1 amide bonds. The number of carbonyl (C=O) groups is 1. The summed E-state index contributed by atoms with van der Waals surface area (Å²) in [4.78, 5) is 25.7. The molecule has 3 aliphatic heterocycles. The number of aromatic nitrogens is 1. The highest BCUT2D eigenvalue weighted by Gasteiger charge is 2.47. The Balaban J connectivity index is 1.25.